The van der Waals surface area contributed by atoms with Crippen LogP contribution in [0.25, 0.3) is 0 Å². The number of hydrogen-bond acceptors (Lipinski definition) is 7. The number of carboxylic acids is 2. The Morgan fingerprint density at radius 2 is 1.28 bits per heavy atom. The van der Waals surface area contributed by atoms with Gasteiger partial charge in [0.05, 0.1) is 42.3 Å². The van der Waals surface area contributed by atoms with Gasteiger partial charge in [-0.3, -0.25) is 4.79 Å². The fourth-order valence-electron chi connectivity index (χ4n) is 2.06. The van der Waals surface area contributed by atoms with Gasteiger partial charge in [-0.25, -0.2) is 0 Å². The minimum atomic E-state index is -1.20. The molecular formula is C16H32N2O7. The summed E-state index contributed by atoms with van der Waals surface area (Å²) in [6.07, 6.45) is -1.96. The molecule has 0 aliphatic carbocycles. The first kappa shape index (κ1) is 25.5. The zero-order valence-corrected chi connectivity index (χ0v) is 16.3. The molecule has 0 saturated heterocycles. The average molecular weight is 364 g/mol. The van der Waals surface area contributed by atoms with Crippen molar-refractivity contribution < 1.29 is 43.4 Å². The van der Waals surface area contributed by atoms with E-state index in [1.54, 1.807) is 0 Å². The maximum absolute atomic E-state index is 10.7. The molecule has 0 fully saturated rings. The van der Waals surface area contributed by atoms with Crippen LogP contribution in [-0.2, 0) is 19.1 Å². The summed E-state index contributed by atoms with van der Waals surface area (Å²) in [5, 5.41) is 29.5. The van der Waals surface area contributed by atoms with Gasteiger partial charge in [-0.15, -0.1) is 0 Å². The molecule has 2 atom stereocenters. The number of quaternary nitrogens is 2. The number of ether oxygens (including phenoxy) is 1. The lowest BCUT2D eigenvalue weighted by Gasteiger charge is -2.28. The molecule has 0 radical (unpaired) electrons. The van der Waals surface area contributed by atoms with E-state index in [-0.39, 0.29) is 12.8 Å². The highest BCUT2D eigenvalue weighted by molar-refractivity contribution is 5.68. The van der Waals surface area contributed by atoms with Crippen LogP contribution in [-0.4, -0.2) is 99.6 Å². The molecule has 0 amide bonds. The fraction of sp³-hybridized carbons (Fsp3) is 0.812. The summed E-state index contributed by atoms with van der Waals surface area (Å²) in [5.74, 6) is -2.87. The molecule has 0 spiro atoms. The second kappa shape index (κ2) is 11.0. The molecule has 0 heterocycles. The van der Waals surface area contributed by atoms with Crippen molar-refractivity contribution in [3.05, 3.63) is 0 Å². The molecule has 0 saturated carbocycles. The fourth-order valence-corrected chi connectivity index (χ4v) is 2.06. The number of aliphatic carboxylic acids is 2. The zero-order chi connectivity index (χ0) is 20.4. The number of aliphatic hydroxyl groups is 1. The van der Waals surface area contributed by atoms with Crippen LogP contribution in [0, 0.1) is 0 Å². The number of rotatable bonds is 9. The Balaban J connectivity index is 0. The van der Waals surface area contributed by atoms with Gasteiger partial charge in [0, 0.05) is 31.7 Å². The van der Waals surface area contributed by atoms with Crippen LogP contribution in [0.3, 0.4) is 0 Å². The summed E-state index contributed by atoms with van der Waals surface area (Å²) in [5.41, 5.74) is 0. The molecule has 0 aromatic heterocycles. The van der Waals surface area contributed by atoms with Crippen molar-refractivity contribution in [2.24, 2.45) is 0 Å². The van der Waals surface area contributed by atoms with Gasteiger partial charge < -0.3 is 38.6 Å². The predicted octanol–water partition coefficient (Wildman–Crippen LogP) is -3.04. The molecule has 0 unspecified atom stereocenters. The topological polar surface area (TPSA) is 127 Å². The van der Waals surface area contributed by atoms with Crippen LogP contribution in [0.4, 0.5) is 0 Å². The van der Waals surface area contributed by atoms with Crippen molar-refractivity contribution in [2.75, 3.05) is 55.4 Å². The van der Waals surface area contributed by atoms with Crippen molar-refractivity contribution in [2.45, 2.75) is 32.0 Å². The van der Waals surface area contributed by atoms with E-state index in [9.17, 15) is 24.6 Å². The minimum Gasteiger partial charge on any atom is -0.550 e. The van der Waals surface area contributed by atoms with Crippen LogP contribution >= 0.6 is 0 Å². The van der Waals surface area contributed by atoms with E-state index in [4.69, 9.17) is 9.84 Å². The number of carbonyl (C=O) groups excluding carboxylic acids is 3. The smallest absolute Gasteiger partial charge is 0.303 e. The van der Waals surface area contributed by atoms with Gasteiger partial charge in [0.15, 0.2) is 6.10 Å². The molecule has 9 nitrogen and oxygen atoms in total. The standard InChI is InChI=1S/C9H17NO4.C7H15NO3/c1-7(11)14-8(5-9(12)13)6-10(2,3)4;1-8(2,3)5-6(9)4-7(10)11/h8H,5-6H2,1-4H3;6,9H,4-5H2,1-3H3/t8-;6-/m11/s1. The largest absolute Gasteiger partial charge is 0.550 e. The normalized spacial score (nSPS) is 13.9. The second-order valence-corrected chi connectivity index (χ2v) is 7.98. The SMILES string of the molecule is CC(=O)O[C@H](CC(=O)[O-])C[N+](C)(C)C.C[N+](C)(C)C[C@H](O)CC(=O)[O-]. The number of carbonyl (C=O) groups is 3. The van der Waals surface area contributed by atoms with Gasteiger partial charge >= 0.3 is 5.97 Å². The third kappa shape index (κ3) is 22.3. The Labute approximate surface area is 149 Å². The first-order valence-electron chi connectivity index (χ1n) is 7.87. The maximum Gasteiger partial charge on any atom is 0.303 e. The van der Waals surface area contributed by atoms with Crippen LogP contribution in [0.2, 0.25) is 0 Å². The van der Waals surface area contributed by atoms with E-state index in [1.807, 2.05) is 42.3 Å². The van der Waals surface area contributed by atoms with Crippen molar-refractivity contribution in [1.29, 1.82) is 0 Å². The van der Waals surface area contributed by atoms with Crippen LogP contribution < -0.4 is 10.2 Å². The highest BCUT2D eigenvalue weighted by Gasteiger charge is 2.20. The Hall–Kier alpha value is -1.71. The number of aliphatic hydroxyl groups excluding tert-OH is 1. The Morgan fingerprint density at radius 3 is 1.56 bits per heavy atom. The van der Waals surface area contributed by atoms with Crippen LogP contribution in [0.5, 0.6) is 0 Å². The summed E-state index contributed by atoms with van der Waals surface area (Å²) in [6, 6.07) is 0. The summed E-state index contributed by atoms with van der Waals surface area (Å²) in [4.78, 5) is 31.1. The summed E-state index contributed by atoms with van der Waals surface area (Å²) >= 11 is 0. The third-order valence-electron chi connectivity index (χ3n) is 2.64. The number of esters is 1. The van der Waals surface area contributed by atoms with Gasteiger partial charge in [-0.05, 0) is 0 Å². The van der Waals surface area contributed by atoms with Crippen molar-refractivity contribution >= 4 is 17.9 Å². The van der Waals surface area contributed by atoms with Crippen LogP contribution in [0.1, 0.15) is 19.8 Å². The number of likely N-dealkylation sites (N-methyl/N-ethyl adjacent to an activating group) is 2. The molecule has 25 heavy (non-hydrogen) atoms. The quantitative estimate of drug-likeness (QED) is 0.340. The molecule has 148 valence electrons. The lowest BCUT2D eigenvalue weighted by atomic mass is 10.2. The zero-order valence-electron chi connectivity index (χ0n) is 16.3. The summed E-state index contributed by atoms with van der Waals surface area (Å²) < 4.78 is 5.94. The molecular weight excluding hydrogens is 332 g/mol. The molecule has 0 bridgehead atoms. The highest BCUT2D eigenvalue weighted by atomic mass is 16.5. The van der Waals surface area contributed by atoms with Gasteiger partial charge in [-0.2, -0.15) is 0 Å². The van der Waals surface area contributed by atoms with E-state index in [0.717, 1.165) is 0 Å². The monoisotopic (exact) mass is 364 g/mol. The highest BCUT2D eigenvalue weighted by Crippen LogP contribution is 2.04. The lowest BCUT2D eigenvalue weighted by Crippen LogP contribution is -2.45. The minimum absolute atomic E-state index is 0.255. The molecule has 0 rings (SSSR count). The molecule has 0 aromatic carbocycles. The van der Waals surface area contributed by atoms with Gasteiger partial charge in [-0.1, -0.05) is 0 Å². The first-order valence-corrected chi connectivity index (χ1v) is 7.87. The molecule has 0 aliphatic rings. The average Bonchev–Trinajstić information content (AvgIpc) is 2.19. The molecule has 9 heteroatoms. The molecule has 0 aliphatic heterocycles. The van der Waals surface area contributed by atoms with E-state index in [1.165, 1.54) is 6.92 Å². The van der Waals surface area contributed by atoms with Gasteiger partial charge in [0.25, 0.3) is 0 Å². The number of carboxylic acid groups (broad SMARTS) is 2. The van der Waals surface area contributed by atoms with Crippen molar-refractivity contribution in [1.82, 2.24) is 0 Å². The lowest BCUT2D eigenvalue weighted by molar-refractivity contribution is -0.873. The maximum atomic E-state index is 10.7. The summed E-state index contributed by atoms with van der Waals surface area (Å²) in [6.45, 7) is 2.14. The molecule has 0 aromatic rings. The Kier molecular flexibility index (Phi) is 11.2. The third-order valence-corrected chi connectivity index (χ3v) is 2.64. The number of hydrogen-bond donors (Lipinski definition) is 1. The van der Waals surface area contributed by atoms with Crippen molar-refractivity contribution in [3.8, 4) is 0 Å². The predicted molar refractivity (Wildman–Crippen MR) is 86.6 cm³/mol. The second-order valence-electron chi connectivity index (χ2n) is 7.98. The molecule has 1 N–H and O–H groups in total. The number of nitrogens with zero attached hydrogens (tertiary/aromatic N) is 2. The van der Waals surface area contributed by atoms with Crippen molar-refractivity contribution in [3.63, 3.8) is 0 Å². The van der Waals surface area contributed by atoms with E-state index >= 15 is 0 Å². The first-order chi connectivity index (χ1) is 11.0. The Morgan fingerprint density at radius 1 is 0.880 bits per heavy atom. The Bertz CT molecular complexity index is 423. The summed E-state index contributed by atoms with van der Waals surface area (Å²) in [7, 11) is 11.3. The van der Waals surface area contributed by atoms with Crippen LogP contribution in [0.15, 0.2) is 0 Å². The van der Waals surface area contributed by atoms with E-state index in [2.05, 4.69) is 0 Å². The van der Waals surface area contributed by atoms with Gasteiger partial charge in [0.2, 0.25) is 0 Å². The van der Waals surface area contributed by atoms with Gasteiger partial charge in [0.1, 0.15) is 19.2 Å². The van der Waals surface area contributed by atoms with E-state index < -0.39 is 30.1 Å². The van der Waals surface area contributed by atoms with E-state index in [0.29, 0.717) is 22.1 Å².